The van der Waals surface area contributed by atoms with Gasteiger partial charge in [0, 0.05) is 5.56 Å². The zero-order valence-corrected chi connectivity index (χ0v) is 15.1. The van der Waals surface area contributed by atoms with Crippen molar-refractivity contribution < 1.29 is 22.7 Å². The van der Waals surface area contributed by atoms with E-state index in [1.807, 2.05) is 0 Å². The second-order valence-electron chi connectivity index (χ2n) is 5.84. The van der Waals surface area contributed by atoms with Gasteiger partial charge in [-0.25, -0.2) is 10.4 Å². The van der Waals surface area contributed by atoms with Crippen LogP contribution in [0.5, 0.6) is 5.75 Å². The van der Waals surface area contributed by atoms with E-state index in [-0.39, 0.29) is 11.3 Å². The van der Waals surface area contributed by atoms with Gasteiger partial charge in [0.2, 0.25) is 0 Å². The predicted octanol–water partition coefficient (Wildman–Crippen LogP) is 3.93. The molecule has 0 fully saturated rings. The summed E-state index contributed by atoms with van der Waals surface area (Å²) in [6.07, 6.45) is -0.564. The number of alkyl halides is 3. The summed E-state index contributed by atoms with van der Waals surface area (Å²) < 4.78 is 43.3. The Kier molecular flexibility index (Phi) is 5.87. The number of hydrogen-bond acceptors (Lipinski definition) is 5. The van der Waals surface area contributed by atoms with Crippen molar-refractivity contribution in [2.24, 2.45) is 5.10 Å². The fraction of sp³-hybridized carbons (Fsp3) is 0.100. The highest BCUT2D eigenvalue weighted by Gasteiger charge is 2.30. The Labute approximate surface area is 164 Å². The number of ether oxygens (including phenoxy) is 1. The van der Waals surface area contributed by atoms with Crippen LogP contribution < -0.4 is 10.2 Å². The van der Waals surface area contributed by atoms with Crippen LogP contribution in [0.3, 0.4) is 0 Å². The first kappa shape index (κ1) is 20.0. The predicted molar refractivity (Wildman–Crippen MR) is 101 cm³/mol. The van der Waals surface area contributed by atoms with Crippen LogP contribution in [0.4, 0.5) is 13.2 Å². The number of aromatic nitrogens is 2. The van der Waals surface area contributed by atoms with Crippen molar-refractivity contribution in [1.29, 1.82) is 0 Å². The van der Waals surface area contributed by atoms with E-state index in [9.17, 15) is 18.0 Å². The molecule has 0 saturated carbocycles. The van der Waals surface area contributed by atoms with Crippen molar-refractivity contribution in [3.05, 3.63) is 77.7 Å². The minimum atomic E-state index is -4.45. The van der Waals surface area contributed by atoms with Crippen molar-refractivity contribution in [2.45, 2.75) is 6.18 Å². The molecule has 0 aliphatic carbocycles. The quantitative estimate of drug-likeness (QED) is 0.520. The molecule has 9 heteroatoms. The molecule has 1 heterocycles. The lowest BCUT2D eigenvalue weighted by molar-refractivity contribution is -0.137. The van der Waals surface area contributed by atoms with Crippen LogP contribution in [-0.2, 0) is 6.18 Å². The Balaban J connectivity index is 1.70. The van der Waals surface area contributed by atoms with Gasteiger partial charge in [-0.15, -0.1) is 0 Å². The molecule has 0 unspecified atom stereocenters. The highest BCUT2D eigenvalue weighted by atomic mass is 19.4. The molecule has 0 atom stereocenters. The first-order valence-corrected chi connectivity index (χ1v) is 8.34. The lowest BCUT2D eigenvalue weighted by Gasteiger charge is -2.06. The number of rotatable bonds is 5. The third kappa shape index (κ3) is 5.16. The number of hydrogen-bond donors (Lipinski definition) is 1. The molecule has 0 aliphatic rings. The number of carbonyl (C=O) groups excluding carboxylic acids is 1. The van der Waals surface area contributed by atoms with E-state index < -0.39 is 17.6 Å². The fourth-order valence-corrected chi connectivity index (χ4v) is 2.39. The third-order valence-electron chi connectivity index (χ3n) is 3.85. The van der Waals surface area contributed by atoms with E-state index in [1.54, 1.807) is 31.4 Å². The Hall–Kier alpha value is -3.75. The van der Waals surface area contributed by atoms with Crippen molar-refractivity contribution in [1.82, 2.24) is 15.4 Å². The number of benzene rings is 2. The van der Waals surface area contributed by atoms with Crippen molar-refractivity contribution in [3.8, 4) is 17.0 Å². The van der Waals surface area contributed by atoms with Crippen LogP contribution in [0.2, 0.25) is 0 Å². The molecule has 3 rings (SSSR count). The molecule has 2 aromatic carbocycles. The fourth-order valence-electron chi connectivity index (χ4n) is 2.39. The monoisotopic (exact) mass is 400 g/mol. The number of hydrazone groups is 1. The zero-order chi connectivity index (χ0) is 20.9. The number of nitrogens with one attached hydrogen (secondary N) is 1. The second kappa shape index (κ2) is 8.51. The summed E-state index contributed by atoms with van der Waals surface area (Å²) in [5.74, 6) is 0.0376. The van der Waals surface area contributed by atoms with Crippen LogP contribution in [0.1, 0.15) is 21.6 Å². The van der Waals surface area contributed by atoms with Gasteiger partial charge in [-0.05, 0) is 42.0 Å². The van der Waals surface area contributed by atoms with Gasteiger partial charge < -0.3 is 4.74 Å². The van der Waals surface area contributed by atoms with E-state index in [4.69, 9.17) is 4.74 Å². The molecule has 6 nitrogen and oxygen atoms in total. The molecule has 1 N–H and O–H groups in total. The topological polar surface area (TPSA) is 76.5 Å². The minimum absolute atomic E-state index is 0.0134. The van der Waals surface area contributed by atoms with Gasteiger partial charge in [-0.3, -0.25) is 9.78 Å². The maximum atomic E-state index is 12.7. The van der Waals surface area contributed by atoms with Crippen LogP contribution in [0, 0.1) is 0 Å². The summed E-state index contributed by atoms with van der Waals surface area (Å²) in [4.78, 5) is 20.4. The second-order valence-corrected chi connectivity index (χ2v) is 5.84. The Bertz CT molecular complexity index is 1030. The molecular weight excluding hydrogens is 385 g/mol. The summed E-state index contributed by atoms with van der Waals surface area (Å²) in [7, 11) is 1.56. The van der Waals surface area contributed by atoms with Crippen LogP contribution in [-0.4, -0.2) is 29.2 Å². The molecule has 1 amide bonds. The zero-order valence-electron chi connectivity index (χ0n) is 15.1. The van der Waals surface area contributed by atoms with Crippen molar-refractivity contribution in [2.75, 3.05) is 7.11 Å². The maximum Gasteiger partial charge on any atom is 0.416 e. The molecular formula is C20H15F3N4O2. The van der Waals surface area contributed by atoms with Gasteiger partial charge in [0.05, 0.1) is 37.0 Å². The number of amides is 1. The van der Waals surface area contributed by atoms with E-state index in [0.29, 0.717) is 11.4 Å². The van der Waals surface area contributed by atoms with Gasteiger partial charge in [-0.1, -0.05) is 12.1 Å². The Morgan fingerprint density at radius 2 is 1.90 bits per heavy atom. The van der Waals surface area contributed by atoms with E-state index in [2.05, 4.69) is 20.5 Å². The highest BCUT2D eigenvalue weighted by molar-refractivity contribution is 5.93. The lowest BCUT2D eigenvalue weighted by Crippen LogP contribution is -2.19. The molecule has 3 aromatic rings. The smallest absolute Gasteiger partial charge is 0.416 e. The van der Waals surface area contributed by atoms with Crippen LogP contribution in [0.25, 0.3) is 11.3 Å². The molecule has 1 aromatic heterocycles. The SMILES string of the molecule is COc1ccc(-c2cncc(C(=O)N/N=C/c3cccc(C(F)(F)F)c3)n2)cc1. The largest absolute Gasteiger partial charge is 0.497 e. The minimum Gasteiger partial charge on any atom is -0.497 e. The molecule has 0 spiro atoms. The number of methoxy groups -OCH3 is 1. The lowest BCUT2D eigenvalue weighted by atomic mass is 10.1. The number of nitrogens with zero attached hydrogens (tertiary/aromatic N) is 3. The molecule has 0 saturated heterocycles. The van der Waals surface area contributed by atoms with E-state index in [1.165, 1.54) is 24.5 Å². The average molecular weight is 400 g/mol. The van der Waals surface area contributed by atoms with Crippen LogP contribution >= 0.6 is 0 Å². The first-order valence-electron chi connectivity index (χ1n) is 8.34. The number of halogens is 3. The average Bonchev–Trinajstić information content (AvgIpc) is 2.73. The standard InChI is InChI=1S/C20H15F3N4O2/c1-29-16-7-5-14(6-8-16)17-11-24-12-18(26-17)19(28)27-25-10-13-3-2-4-15(9-13)20(21,22)23/h2-12H,1H3,(H,27,28)/b25-10+. The van der Waals surface area contributed by atoms with Gasteiger partial charge in [0.1, 0.15) is 11.4 Å². The summed E-state index contributed by atoms with van der Waals surface area (Å²) in [5, 5.41) is 3.69. The van der Waals surface area contributed by atoms with E-state index in [0.717, 1.165) is 23.9 Å². The molecule has 148 valence electrons. The summed E-state index contributed by atoms with van der Waals surface area (Å²) in [6.45, 7) is 0. The molecule has 0 radical (unpaired) electrons. The molecule has 0 bridgehead atoms. The van der Waals surface area contributed by atoms with Crippen LogP contribution in [0.15, 0.2) is 66.0 Å². The van der Waals surface area contributed by atoms with Crippen molar-refractivity contribution in [3.63, 3.8) is 0 Å². The Morgan fingerprint density at radius 1 is 1.14 bits per heavy atom. The van der Waals surface area contributed by atoms with Gasteiger partial charge >= 0.3 is 6.18 Å². The van der Waals surface area contributed by atoms with Gasteiger partial charge in [-0.2, -0.15) is 18.3 Å². The summed E-state index contributed by atoms with van der Waals surface area (Å²) in [5.41, 5.74) is 2.85. The highest BCUT2D eigenvalue weighted by Crippen LogP contribution is 2.29. The maximum absolute atomic E-state index is 12.7. The summed E-state index contributed by atoms with van der Waals surface area (Å²) in [6, 6.07) is 11.6. The molecule has 0 aliphatic heterocycles. The molecule has 29 heavy (non-hydrogen) atoms. The van der Waals surface area contributed by atoms with Gasteiger partial charge in [0.25, 0.3) is 5.91 Å². The third-order valence-corrected chi connectivity index (χ3v) is 3.85. The summed E-state index contributed by atoms with van der Waals surface area (Å²) >= 11 is 0. The first-order chi connectivity index (χ1) is 13.9. The van der Waals surface area contributed by atoms with E-state index >= 15 is 0 Å². The van der Waals surface area contributed by atoms with Gasteiger partial charge in [0.15, 0.2) is 0 Å². The Morgan fingerprint density at radius 3 is 2.59 bits per heavy atom. The van der Waals surface area contributed by atoms with Crippen molar-refractivity contribution >= 4 is 12.1 Å². The number of carbonyl (C=O) groups is 1. The normalized spacial score (nSPS) is 11.4.